The molecule has 2 aromatic heterocycles. The van der Waals surface area contributed by atoms with Crippen molar-refractivity contribution in [3.05, 3.63) is 60.8 Å². The molecule has 2 N–H and O–H groups in total. The van der Waals surface area contributed by atoms with Gasteiger partial charge in [0.05, 0.1) is 10.6 Å². The minimum Gasteiger partial charge on any atom is -0.303 e. The molecule has 34 heavy (non-hydrogen) atoms. The zero-order chi connectivity index (χ0) is 24.7. The van der Waals surface area contributed by atoms with Gasteiger partial charge in [-0.2, -0.15) is 10.1 Å². The second kappa shape index (κ2) is 11.4. The number of nitrogens with zero attached hydrogens (tertiary/aromatic N) is 5. The highest BCUT2D eigenvalue weighted by Crippen LogP contribution is 2.19. The molecule has 3 aromatic rings. The van der Waals surface area contributed by atoms with Crippen molar-refractivity contribution < 1.29 is 4.92 Å². The molecule has 0 aliphatic heterocycles. The number of H-pyrrole nitrogens is 1. The number of hydrazone groups is 1. The van der Waals surface area contributed by atoms with E-state index in [4.69, 9.17) is 0 Å². The zero-order valence-corrected chi connectivity index (χ0v) is 19.8. The first-order valence-electron chi connectivity index (χ1n) is 11.6. The van der Waals surface area contributed by atoms with Crippen LogP contribution in [0.1, 0.15) is 64.4 Å². The average Bonchev–Trinajstić information content (AvgIpc) is 3.19. The lowest BCUT2D eigenvalue weighted by molar-refractivity contribution is -0.384. The lowest BCUT2D eigenvalue weighted by Crippen LogP contribution is -2.29. The van der Waals surface area contributed by atoms with Crippen LogP contribution < -0.4 is 16.7 Å². The van der Waals surface area contributed by atoms with E-state index < -0.39 is 16.2 Å². The molecule has 0 unspecified atom stereocenters. The molecule has 0 spiro atoms. The molecule has 182 valence electrons. The third kappa shape index (κ3) is 5.77. The minimum absolute atomic E-state index is 0.0280. The number of hydrogen-bond acceptors (Lipinski definition) is 7. The number of aryl methyl sites for hydroxylation is 2. The Labute approximate surface area is 196 Å². The van der Waals surface area contributed by atoms with Crippen molar-refractivity contribution in [1.29, 1.82) is 0 Å². The number of hydrogen-bond donors (Lipinski definition) is 2. The lowest BCUT2D eigenvalue weighted by Gasteiger charge is -2.09. The number of nitrogens with one attached hydrogen (secondary N) is 2. The Bertz CT molecular complexity index is 1300. The van der Waals surface area contributed by atoms with Gasteiger partial charge in [-0.25, -0.2) is 10.2 Å². The van der Waals surface area contributed by atoms with Gasteiger partial charge in [0.1, 0.15) is 0 Å². The van der Waals surface area contributed by atoms with E-state index in [0.717, 1.165) is 19.3 Å². The Kier molecular flexibility index (Phi) is 8.34. The van der Waals surface area contributed by atoms with Gasteiger partial charge < -0.3 is 4.57 Å². The Hall–Kier alpha value is -3.76. The van der Waals surface area contributed by atoms with Crippen LogP contribution in [0.3, 0.4) is 0 Å². The maximum Gasteiger partial charge on any atom is 0.329 e. The number of aromatic amines is 1. The molecular formula is C23H31N7O4. The van der Waals surface area contributed by atoms with Crippen LogP contribution >= 0.6 is 0 Å². The monoisotopic (exact) mass is 469 g/mol. The molecule has 0 aliphatic rings. The van der Waals surface area contributed by atoms with Crippen molar-refractivity contribution in [3.63, 3.8) is 0 Å². The Morgan fingerprint density at radius 1 is 1.18 bits per heavy atom. The number of fused-ring (bicyclic) bond motifs is 1. The van der Waals surface area contributed by atoms with Crippen molar-refractivity contribution in [2.45, 2.75) is 65.3 Å². The van der Waals surface area contributed by atoms with E-state index in [1.165, 1.54) is 42.4 Å². The molecule has 1 aromatic carbocycles. The molecule has 0 saturated heterocycles. The zero-order valence-electron chi connectivity index (χ0n) is 19.8. The third-order valence-corrected chi connectivity index (χ3v) is 5.79. The van der Waals surface area contributed by atoms with Gasteiger partial charge in [-0.3, -0.25) is 24.5 Å². The molecule has 11 heteroatoms. The second-order valence-corrected chi connectivity index (χ2v) is 8.32. The van der Waals surface area contributed by atoms with Gasteiger partial charge in [0.25, 0.3) is 11.2 Å². The molecule has 0 fully saturated rings. The van der Waals surface area contributed by atoms with Crippen LogP contribution in [0, 0.1) is 10.1 Å². The molecule has 0 atom stereocenters. The van der Waals surface area contributed by atoms with Crippen LogP contribution in [0.15, 0.2) is 39.0 Å². The second-order valence-electron chi connectivity index (χ2n) is 8.32. The van der Waals surface area contributed by atoms with Crippen LogP contribution in [-0.4, -0.2) is 29.7 Å². The third-order valence-electron chi connectivity index (χ3n) is 5.79. The number of nitro groups is 1. The van der Waals surface area contributed by atoms with E-state index in [2.05, 4.69) is 27.4 Å². The van der Waals surface area contributed by atoms with E-state index in [1.54, 1.807) is 30.7 Å². The van der Waals surface area contributed by atoms with Gasteiger partial charge in [-0.15, -0.1) is 0 Å². The number of nitro benzene ring substituents is 1. The highest BCUT2D eigenvalue weighted by molar-refractivity contribution is 5.99. The molecule has 0 saturated carbocycles. The molecule has 0 aliphatic carbocycles. The number of imidazole rings is 1. The topological polar surface area (TPSA) is 140 Å². The van der Waals surface area contributed by atoms with Crippen LogP contribution in [0.25, 0.3) is 11.2 Å². The van der Waals surface area contributed by atoms with Crippen LogP contribution in [0.4, 0.5) is 11.6 Å². The first kappa shape index (κ1) is 24.9. The predicted octanol–water partition coefficient (Wildman–Crippen LogP) is 3.92. The molecule has 3 rings (SSSR count). The summed E-state index contributed by atoms with van der Waals surface area (Å²) in [4.78, 5) is 42.1. The van der Waals surface area contributed by atoms with Gasteiger partial charge in [-0.1, -0.05) is 57.6 Å². The van der Waals surface area contributed by atoms with Gasteiger partial charge >= 0.3 is 5.69 Å². The van der Waals surface area contributed by atoms with Crippen molar-refractivity contribution >= 4 is 28.5 Å². The SMILES string of the molecule is CCCCCCCCCn1c(NN=C(C)c2cccc([N+](=O)[O-])c2)nc2c1c(=O)[nH]c(=O)n2C. The van der Waals surface area contributed by atoms with E-state index in [0.29, 0.717) is 29.3 Å². The average molecular weight is 470 g/mol. The number of aromatic nitrogens is 4. The summed E-state index contributed by atoms with van der Waals surface area (Å²) in [6.45, 7) is 4.45. The first-order chi connectivity index (χ1) is 16.3. The molecule has 0 bridgehead atoms. The summed E-state index contributed by atoms with van der Waals surface area (Å²) in [6, 6.07) is 6.18. The fraction of sp³-hybridized carbons (Fsp3) is 0.478. The van der Waals surface area contributed by atoms with E-state index >= 15 is 0 Å². The highest BCUT2D eigenvalue weighted by atomic mass is 16.6. The van der Waals surface area contributed by atoms with Crippen molar-refractivity contribution in [2.24, 2.45) is 12.1 Å². The smallest absolute Gasteiger partial charge is 0.303 e. The number of benzene rings is 1. The Morgan fingerprint density at radius 3 is 2.59 bits per heavy atom. The van der Waals surface area contributed by atoms with Gasteiger partial charge in [0, 0.05) is 31.3 Å². The largest absolute Gasteiger partial charge is 0.329 e. The van der Waals surface area contributed by atoms with E-state index in [-0.39, 0.29) is 11.3 Å². The van der Waals surface area contributed by atoms with Crippen molar-refractivity contribution in [1.82, 2.24) is 19.1 Å². The van der Waals surface area contributed by atoms with Crippen LogP contribution in [-0.2, 0) is 13.6 Å². The summed E-state index contributed by atoms with van der Waals surface area (Å²) in [5.74, 6) is 0.331. The minimum atomic E-state index is -0.541. The number of rotatable bonds is 12. The summed E-state index contributed by atoms with van der Waals surface area (Å²) in [6.07, 6.45) is 7.84. The quantitative estimate of drug-likeness (QED) is 0.178. The van der Waals surface area contributed by atoms with E-state index in [9.17, 15) is 19.7 Å². The van der Waals surface area contributed by atoms with Gasteiger partial charge in [0.15, 0.2) is 11.2 Å². The first-order valence-corrected chi connectivity index (χ1v) is 11.6. The standard InChI is InChI=1S/C23H31N7O4/c1-4-5-6-7-8-9-10-14-29-19-20(28(3)23(32)25-21(19)31)24-22(29)27-26-16(2)17-12-11-13-18(15-17)30(33)34/h11-13,15H,4-10,14H2,1-3H3,(H,24,27)(H,25,31,32). The summed E-state index contributed by atoms with van der Waals surface area (Å²) in [7, 11) is 1.55. The molecule has 0 amide bonds. The highest BCUT2D eigenvalue weighted by Gasteiger charge is 2.17. The van der Waals surface area contributed by atoms with Crippen LogP contribution in [0.2, 0.25) is 0 Å². The number of anilines is 1. The number of non-ortho nitro benzene ring substituents is 1. The van der Waals surface area contributed by atoms with Gasteiger partial charge in [0.2, 0.25) is 5.95 Å². The fourth-order valence-corrected chi connectivity index (χ4v) is 3.81. The lowest BCUT2D eigenvalue weighted by atomic mass is 10.1. The van der Waals surface area contributed by atoms with Crippen LogP contribution in [0.5, 0.6) is 0 Å². The predicted molar refractivity (Wildman–Crippen MR) is 133 cm³/mol. The van der Waals surface area contributed by atoms with Crippen molar-refractivity contribution in [2.75, 3.05) is 5.43 Å². The number of unbranched alkanes of at least 4 members (excludes halogenated alkanes) is 6. The maximum absolute atomic E-state index is 12.6. The normalized spacial score (nSPS) is 11.8. The molecule has 2 heterocycles. The summed E-state index contributed by atoms with van der Waals surface area (Å²) in [5, 5.41) is 15.4. The summed E-state index contributed by atoms with van der Waals surface area (Å²) in [5.41, 5.74) is 3.50. The van der Waals surface area contributed by atoms with Gasteiger partial charge in [-0.05, 0) is 13.3 Å². The van der Waals surface area contributed by atoms with E-state index in [1.807, 2.05) is 0 Å². The van der Waals surface area contributed by atoms with Crippen molar-refractivity contribution in [3.8, 4) is 0 Å². The molecule has 11 nitrogen and oxygen atoms in total. The Morgan fingerprint density at radius 2 is 1.88 bits per heavy atom. The summed E-state index contributed by atoms with van der Waals surface area (Å²) < 4.78 is 3.03. The molecular weight excluding hydrogens is 438 g/mol. The maximum atomic E-state index is 12.6. The Balaban J connectivity index is 1.87. The summed E-state index contributed by atoms with van der Waals surface area (Å²) >= 11 is 0. The molecule has 0 radical (unpaired) electrons. The fourth-order valence-electron chi connectivity index (χ4n) is 3.81.